The number of nitrogens with two attached hydrogens (primary N) is 1. The molecule has 0 spiro atoms. The molecule has 6 heteroatoms. The fourth-order valence-corrected chi connectivity index (χ4v) is 0.705. The number of aromatic nitrogens is 2. The van der Waals surface area contributed by atoms with Crippen molar-refractivity contribution < 1.29 is 9.18 Å². The number of halogens is 1. The molecule has 0 aliphatic heterocycles. The number of rotatable bonds is 2. The quantitative estimate of drug-likeness (QED) is 0.594. The summed E-state index contributed by atoms with van der Waals surface area (Å²) in [6.45, 7) is 0. The molecule has 1 aromatic heterocycles. The molecule has 0 radical (unpaired) electrons. The number of hydrogen-bond donors (Lipinski definition) is 2. The third kappa shape index (κ3) is 1.88. The second-order valence-corrected chi connectivity index (χ2v) is 2.14. The summed E-state index contributed by atoms with van der Waals surface area (Å²) in [5.74, 6) is -1.57. The van der Waals surface area contributed by atoms with Crippen LogP contribution < -0.4 is 11.3 Å². The predicted octanol–water partition coefficient (Wildman–Crippen LogP) is -1.06. The van der Waals surface area contributed by atoms with Gasteiger partial charge in [-0.1, -0.05) is 0 Å². The van der Waals surface area contributed by atoms with Crippen LogP contribution in [0.25, 0.3) is 0 Å². The standard InChI is InChI=1S/C6H6FN3O2/c7-4-2-9-6(12)3(10-4)1-5(8)11/h2H,1H2,(H2,8,11)(H,9,12). The molecule has 0 saturated carbocycles. The lowest BCUT2D eigenvalue weighted by Gasteiger charge is -1.94. The van der Waals surface area contributed by atoms with Gasteiger partial charge in [0.2, 0.25) is 11.9 Å². The third-order valence-corrected chi connectivity index (χ3v) is 1.17. The van der Waals surface area contributed by atoms with Crippen molar-refractivity contribution in [3.8, 4) is 0 Å². The minimum atomic E-state index is -0.842. The molecule has 0 bridgehead atoms. The maximum atomic E-state index is 12.4. The molecule has 0 aromatic carbocycles. The molecule has 1 aromatic rings. The first-order valence-corrected chi connectivity index (χ1v) is 3.12. The van der Waals surface area contributed by atoms with E-state index in [0.717, 1.165) is 6.20 Å². The van der Waals surface area contributed by atoms with Crippen LogP contribution in [0, 0.1) is 5.95 Å². The lowest BCUT2D eigenvalue weighted by molar-refractivity contribution is -0.117. The Morgan fingerprint density at radius 1 is 1.75 bits per heavy atom. The Hall–Kier alpha value is -1.72. The number of nitrogens with one attached hydrogen (secondary N) is 1. The van der Waals surface area contributed by atoms with Crippen LogP contribution in [0.15, 0.2) is 11.0 Å². The number of nitrogens with zero attached hydrogens (tertiary/aromatic N) is 1. The Kier molecular flexibility index (Phi) is 2.18. The average molecular weight is 171 g/mol. The smallest absolute Gasteiger partial charge is 0.270 e. The Balaban J connectivity index is 3.06. The lowest BCUT2D eigenvalue weighted by atomic mass is 10.3. The zero-order valence-electron chi connectivity index (χ0n) is 6.00. The maximum Gasteiger partial charge on any atom is 0.270 e. The molecule has 1 rings (SSSR count). The van der Waals surface area contributed by atoms with Gasteiger partial charge in [-0.3, -0.25) is 9.59 Å². The van der Waals surface area contributed by atoms with E-state index in [1.165, 1.54) is 0 Å². The Morgan fingerprint density at radius 2 is 2.42 bits per heavy atom. The molecular weight excluding hydrogens is 165 g/mol. The van der Waals surface area contributed by atoms with Crippen LogP contribution in [0.2, 0.25) is 0 Å². The van der Waals surface area contributed by atoms with E-state index < -0.39 is 17.4 Å². The third-order valence-electron chi connectivity index (χ3n) is 1.17. The number of H-pyrrole nitrogens is 1. The van der Waals surface area contributed by atoms with E-state index in [1.54, 1.807) is 0 Å². The first-order valence-electron chi connectivity index (χ1n) is 3.12. The Morgan fingerprint density at radius 3 is 3.00 bits per heavy atom. The molecule has 0 saturated heterocycles. The van der Waals surface area contributed by atoms with Crippen molar-refractivity contribution in [1.29, 1.82) is 0 Å². The fourth-order valence-electron chi connectivity index (χ4n) is 0.705. The van der Waals surface area contributed by atoms with Crippen molar-refractivity contribution in [1.82, 2.24) is 9.97 Å². The van der Waals surface area contributed by atoms with Gasteiger partial charge in [-0.05, 0) is 0 Å². The second-order valence-electron chi connectivity index (χ2n) is 2.14. The summed E-state index contributed by atoms with van der Waals surface area (Å²) in [6, 6.07) is 0. The van der Waals surface area contributed by atoms with Gasteiger partial charge >= 0.3 is 0 Å². The summed E-state index contributed by atoms with van der Waals surface area (Å²) < 4.78 is 12.4. The summed E-state index contributed by atoms with van der Waals surface area (Å²) >= 11 is 0. The topological polar surface area (TPSA) is 88.8 Å². The molecule has 0 fully saturated rings. The van der Waals surface area contributed by atoms with E-state index in [4.69, 9.17) is 5.73 Å². The van der Waals surface area contributed by atoms with Crippen molar-refractivity contribution in [3.05, 3.63) is 28.2 Å². The predicted molar refractivity (Wildman–Crippen MR) is 37.7 cm³/mol. The summed E-state index contributed by atoms with van der Waals surface area (Å²) in [4.78, 5) is 26.4. The van der Waals surface area contributed by atoms with Gasteiger partial charge in [-0.25, -0.2) is 4.98 Å². The summed E-state index contributed by atoms with van der Waals surface area (Å²) in [5, 5.41) is 0. The molecule has 64 valence electrons. The van der Waals surface area contributed by atoms with Crippen LogP contribution >= 0.6 is 0 Å². The van der Waals surface area contributed by atoms with Crippen LogP contribution in [0.5, 0.6) is 0 Å². The summed E-state index contributed by atoms with van der Waals surface area (Å²) in [7, 11) is 0. The monoisotopic (exact) mass is 171 g/mol. The Bertz CT molecular complexity index is 360. The van der Waals surface area contributed by atoms with E-state index >= 15 is 0 Å². The maximum absolute atomic E-state index is 12.4. The number of carbonyl (C=O) groups is 1. The van der Waals surface area contributed by atoms with Crippen molar-refractivity contribution in [2.45, 2.75) is 6.42 Å². The number of hydrogen-bond acceptors (Lipinski definition) is 3. The molecule has 0 unspecified atom stereocenters. The normalized spacial score (nSPS) is 9.75. The van der Waals surface area contributed by atoms with Gasteiger partial charge in [0.15, 0.2) is 0 Å². The zero-order valence-corrected chi connectivity index (χ0v) is 6.00. The molecule has 5 nitrogen and oxygen atoms in total. The van der Waals surface area contributed by atoms with E-state index in [0.29, 0.717) is 0 Å². The van der Waals surface area contributed by atoms with Gasteiger partial charge in [0.1, 0.15) is 5.69 Å². The van der Waals surface area contributed by atoms with Crippen molar-refractivity contribution in [3.63, 3.8) is 0 Å². The van der Waals surface area contributed by atoms with Crippen LogP contribution in [0.1, 0.15) is 5.69 Å². The molecule has 0 aliphatic rings. The van der Waals surface area contributed by atoms with Crippen LogP contribution in [-0.2, 0) is 11.2 Å². The molecule has 0 aliphatic carbocycles. The number of aromatic amines is 1. The molecule has 1 amide bonds. The SMILES string of the molecule is NC(=O)Cc1nc(F)c[nH]c1=O. The van der Waals surface area contributed by atoms with Gasteiger partial charge in [0, 0.05) is 0 Å². The van der Waals surface area contributed by atoms with E-state index in [2.05, 4.69) is 9.97 Å². The van der Waals surface area contributed by atoms with Gasteiger partial charge in [0.05, 0.1) is 12.6 Å². The molecular formula is C6H6FN3O2. The highest BCUT2D eigenvalue weighted by atomic mass is 19.1. The van der Waals surface area contributed by atoms with Gasteiger partial charge in [-0.2, -0.15) is 4.39 Å². The van der Waals surface area contributed by atoms with E-state index in [1.807, 2.05) is 0 Å². The lowest BCUT2D eigenvalue weighted by Crippen LogP contribution is -2.23. The Labute approximate surface area is 66.4 Å². The minimum absolute atomic E-state index is 0.206. The fraction of sp³-hybridized carbons (Fsp3) is 0.167. The van der Waals surface area contributed by atoms with Gasteiger partial charge < -0.3 is 10.7 Å². The van der Waals surface area contributed by atoms with Crippen LogP contribution in [0.3, 0.4) is 0 Å². The van der Waals surface area contributed by atoms with Crippen LogP contribution in [-0.4, -0.2) is 15.9 Å². The highest BCUT2D eigenvalue weighted by Gasteiger charge is 2.06. The summed E-state index contributed by atoms with van der Waals surface area (Å²) in [6.07, 6.45) is 0.458. The van der Waals surface area contributed by atoms with Gasteiger partial charge in [-0.15, -0.1) is 0 Å². The highest BCUT2D eigenvalue weighted by molar-refractivity contribution is 5.75. The average Bonchev–Trinajstić information content (AvgIpc) is 1.96. The van der Waals surface area contributed by atoms with Crippen molar-refractivity contribution in [2.24, 2.45) is 5.73 Å². The van der Waals surface area contributed by atoms with Crippen molar-refractivity contribution in [2.75, 3.05) is 0 Å². The molecule has 12 heavy (non-hydrogen) atoms. The number of primary amides is 1. The van der Waals surface area contributed by atoms with E-state index in [9.17, 15) is 14.0 Å². The highest BCUT2D eigenvalue weighted by Crippen LogP contribution is 1.89. The number of carbonyl (C=O) groups excluding carboxylic acids is 1. The van der Waals surface area contributed by atoms with E-state index in [-0.39, 0.29) is 12.1 Å². The van der Waals surface area contributed by atoms with Gasteiger partial charge in [0.25, 0.3) is 5.56 Å². The minimum Gasteiger partial charge on any atom is -0.369 e. The largest absolute Gasteiger partial charge is 0.369 e. The van der Waals surface area contributed by atoms with Crippen LogP contribution in [0.4, 0.5) is 4.39 Å². The molecule has 0 atom stereocenters. The number of amides is 1. The summed E-state index contributed by atoms with van der Waals surface area (Å²) in [5.41, 5.74) is 3.98. The first kappa shape index (κ1) is 8.38. The molecule has 3 N–H and O–H groups in total. The first-order chi connectivity index (χ1) is 5.59. The van der Waals surface area contributed by atoms with Crippen molar-refractivity contribution >= 4 is 5.91 Å². The second kappa shape index (κ2) is 3.12. The molecule has 1 heterocycles. The zero-order chi connectivity index (χ0) is 9.14.